The van der Waals surface area contributed by atoms with Crippen molar-refractivity contribution in [1.82, 2.24) is 9.47 Å². The molecule has 1 aliphatic carbocycles. The van der Waals surface area contributed by atoms with Gasteiger partial charge in [-0.1, -0.05) is 0 Å². The van der Waals surface area contributed by atoms with Crippen molar-refractivity contribution in [3.8, 4) is 0 Å². The van der Waals surface area contributed by atoms with Crippen LogP contribution in [0, 0.1) is 17.7 Å². The number of nitrogens with zero attached hydrogens (tertiary/aromatic N) is 2. The Morgan fingerprint density at radius 3 is 2.77 bits per heavy atom. The fraction of sp³-hybridized carbons (Fsp3) is 0.471. The summed E-state index contributed by atoms with van der Waals surface area (Å²) in [5, 5.41) is 0.757. The highest BCUT2D eigenvalue weighted by Gasteiger charge is 2.42. The Labute approximate surface area is 128 Å². The van der Waals surface area contributed by atoms with Crippen LogP contribution >= 0.6 is 0 Å². The molecule has 1 amide bonds. The summed E-state index contributed by atoms with van der Waals surface area (Å²) < 4.78 is 15.2. The molecule has 4 nitrogen and oxygen atoms in total. The first-order chi connectivity index (χ1) is 10.5. The van der Waals surface area contributed by atoms with E-state index < -0.39 is 0 Å². The number of likely N-dealkylation sites (tertiary alicyclic amines) is 1. The molecule has 2 atom stereocenters. The lowest BCUT2D eigenvalue weighted by Crippen LogP contribution is -2.33. The third-order valence-corrected chi connectivity index (χ3v) is 5.15. The van der Waals surface area contributed by atoms with Gasteiger partial charge in [0.25, 0.3) is 5.91 Å². The van der Waals surface area contributed by atoms with Gasteiger partial charge in [0.2, 0.25) is 0 Å². The van der Waals surface area contributed by atoms with E-state index in [2.05, 4.69) is 0 Å². The summed E-state index contributed by atoms with van der Waals surface area (Å²) in [5.74, 6) is 0.859. The smallest absolute Gasteiger partial charge is 0.270 e. The van der Waals surface area contributed by atoms with Crippen LogP contribution < -0.4 is 5.73 Å². The first kappa shape index (κ1) is 13.8. The van der Waals surface area contributed by atoms with Gasteiger partial charge in [-0.2, -0.15) is 0 Å². The average molecular weight is 301 g/mol. The van der Waals surface area contributed by atoms with E-state index >= 15 is 0 Å². The maximum atomic E-state index is 13.4. The molecule has 1 aromatic carbocycles. The minimum absolute atomic E-state index is 0.00212. The average Bonchev–Trinajstić information content (AvgIpc) is 3.18. The molecule has 2 heterocycles. The monoisotopic (exact) mass is 301 g/mol. The number of rotatable bonds is 2. The number of hydrogen-bond donors (Lipinski definition) is 1. The molecular weight excluding hydrogens is 281 g/mol. The van der Waals surface area contributed by atoms with Crippen molar-refractivity contribution < 1.29 is 9.18 Å². The molecular formula is C17H20FN3O. The highest BCUT2D eigenvalue weighted by Crippen LogP contribution is 2.41. The predicted octanol–water partition coefficient (Wildman–Crippen LogP) is 2.13. The summed E-state index contributed by atoms with van der Waals surface area (Å²) in [5.41, 5.74) is 7.68. The first-order valence-corrected chi connectivity index (χ1v) is 7.84. The molecule has 0 unspecified atom stereocenters. The van der Waals surface area contributed by atoms with Crippen LogP contribution in [0.4, 0.5) is 4.39 Å². The zero-order valence-electron chi connectivity index (χ0n) is 12.6. The molecule has 2 aromatic rings. The lowest BCUT2D eigenvalue weighted by Gasteiger charge is -2.16. The van der Waals surface area contributed by atoms with E-state index in [0.29, 0.717) is 24.1 Å². The van der Waals surface area contributed by atoms with Crippen molar-refractivity contribution >= 4 is 16.8 Å². The minimum atomic E-state index is -0.283. The third-order valence-electron chi connectivity index (χ3n) is 5.15. The summed E-state index contributed by atoms with van der Waals surface area (Å²) in [6.07, 6.45) is 2.49. The van der Waals surface area contributed by atoms with Gasteiger partial charge in [-0.05, 0) is 48.9 Å². The summed E-state index contributed by atoms with van der Waals surface area (Å²) in [6, 6.07) is 6.46. The molecule has 2 N–H and O–H groups in total. The van der Waals surface area contributed by atoms with Crippen LogP contribution in [0.25, 0.3) is 10.9 Å². The second-order valence-electron chi connectivity index (χ2n) is 6.67. The van der Waals surface area contributed by atoms with Gasteiger partial charge >= 0.3 is 0 Å². The van der Waals surface area contributed by atoms with Crippen LogP contribution in [-0.4, -0.2) is 34.5 Å². The molecule has 116 valence electrons. The second-order valence-corrected chi connectivity index (χ2v) is 6.67. The molecule has 5 heteroatoms. The zero-order chi connectivity index (χ0) is 15.4. The summed E-state index contributed by atoms with van der Waals surface area (Å²) in [7, 11) is 1.85. The lowest BCUT2D eigenvalue weighted by atomic mass is 9.99. The van der Waals surface area contributed by atoms with Crippen LogP contribution in [0.3, 0.4) is 0 Å². The van der Waals surface area contributed by atoms with Crippen LogP contribution in [0.2, 0.25) is 0 Å². The van der Waals surface area contributed by atoms with Crippen molar-refractivity contribution in [3.05, 3.63) is 35.8 Å². The summed E-state index contributed by atoms with van der Waals surface area (Å²) in [4.78, 5) is 14.7. The topological polar surface area (TPSA) is 51.3 Å². The Bertz CT molecular complexity index is 750. The van der Waals surface area contributed by atoms with E-state index in [4.69, 9.17) is 5.73 Å². The number of aromatic nitrogens is 1. The van der Waals surface area contributed by atoms with Crippen LogP contribution in [0.1, 0.15) is 23.3 Å². The molecule has 22 heavy (non-hydrogen) atoms. The molecule has 1 aromatic heterocycles. The lowest BCUT2D eigenvalue weighted by molar-refractivity contribution is 0.0776. The Morgan fingerprint density at radius 2 is 2.05 bits per heavy atom. The molecule has 0 radical (unpaired) electrons. The van der Waals surface area contributed by atoms with Gasteiger partial charge in [0.05, 0.1) is 0 Å². The van der Waals surface area contributed by atoms with Crippen molar-refractivity contribution in [2.45, 2.75) is 18.9 Å². The Balaban J connectivity index is 1.64. The summed E-state index contributed by atoms with van der Waals surface area (Å²) in [6.45, 7) is 1.37. The van der Waals surface area contributed by atoms with Crippen molar-refractivity contribution in [1.29, 1.82) is 0 Å². The quantitative estimate of drug-likeness (QED) is 0.924. The fourth-order valence-corrected chi connectivity index (χ4v) is 3.73. The number of halogens is 1. The Morgan fingerprint density at radius 1 is 1.27 bits per heavy atom. The molecule has 1 saturated heterocycles. The van der Waals surface area contributed by atoms with Gasteiger partial charge < -0.3 is 15.2 Å². The minimum Gasteiger partial charge on any atom is -0.340 e. The second kappa shape index (κ2) is 4.81. The fourth-order valence-electron chi connectivity index (χ4n) is 3.73. The molecule has 2 aliphatic rings. The van der Waals surface area contributed by atoms with Crippen LogP contribution in [-0.2, 0) is 7.05 Å². The number of amides is 1. The molecule has 4 rings (SSSR count). The van der Waals surface area contributed by atoms with E-state index in [1.807, 2.05) is 16.5 Å². The third kappa shape index (κ3) is 2.11. The van der Waals surface area contributed by atoms with E-state index in [9.17, 15) is 9.18 Å². The molecule has 0 bridgehead atoms. The van der Waals surface area contributed by atoms with Crippen LogP contribution in [0.5, 0.6) is 0 Å². The van der Waals surface area contributed by atoms with Crippen molar-refractivity contribution in [2.24, 2.45) is 24.6 Å². The molecule has 1 aliphatic heterocycles. The van der Waals surface area contributed by atoms with Gasteiger partial charge in [0.1, 0.15) is 11.5 Å². The number of benzene rings is 1. The predicted molar refractivity (Wildman–Crippen MR) is 83.0 cm³/mol. The van der Waals surface area contributed by atoms with Gasteiger partial charge in [0, 0.05) is 37.1 Å². The maximum absolute atomic E-state index is 13.4. The van der Waals surface area contributed by atoms with E-state index in [0.717, 1.165) is 17.4 Å². The number of carbonyl (C=O) groups excluding carboxylic acids is 1. The SMILES string of the molecule is Cn1c(C(=O)N2C[C@H](C3CC3)[C@@H](N)C2)cc2cc(F)ccc21. The van der Waals surface area contributed by atoms with Gasteiger partial charge in [-0.15, -0.1) is 0 Å². The zero-order valence-corrected chi connectivity index (χ0v) is 12.6. The Kier molecular flexibility index (Phi) is 3.01. The van der Waals surface area contributed by atoms with Gasteiger partial charge in [-0.25, -0.2) is 4.39 Å². The number of carbonyl (C=O) groups is 1. The van der Waals surface area contributed by atoms with E-state index in [1.165, 1.54) is 25.0 Å². The normalized spacial score (nSPS) is 25.1. The van der Waals surface area contributed by atoms with Crippen molar-refractivity contribution in [3.63, 3.8) is 0 Å². The maximum Gasteiger partial charge on any atom is 0.270 e. The Hall–Kier alpha value is -1.88. The highest BCUT2D eigenvalue weighted by molar-refractivity contribution is 5.98. The number of fused-ring (bicyclic) bond motifs is 1. The number of aryl methyl sites for hydroxylation is 1. The van der Waals surface area contributed by atoms with Crippen molar-refractivity contribution in [2.75, 3.05) is 13.1 Å². The van der Waals surface area contributed by atoms with Crippen LogP contribution in [0.15, 0.2) is 24.3 Å². The standard InChI is InChI=1S/C17H20FN3O/c1-20-15-5-4-12(18)6-11(15)7-16(20)17(22)21-8-13(10-2-3-10)14(19)9-21/h4-7,10,13-14H,2-3,8-9,19H2,1H3/t13-,14+/m1/s1. The van der Waals surface area contributed by atoms with E-state index in [1.54, 1.807) is 12.1 Å². The largest absolute Gasteiger partial charge is 0.340 e. The van der Waals surface area contributed by atoms with Gasteiger partial charge in [-0.3, -0.25) is 4.79 Å². The molecule has 1 saturated carbocycles. The summed E-state index contributed by atoms with van der Waals surface area (Å²) >= 11 is 0. The first-order valence-electron chi connectivity index (χ1n) is 7.84. The van der Waals surface area contributed by atoms with Gasteiger partial charge in [0.15, 0.2) is 0 Å². The molecule has 2 fully saturated rings. The number of nitrogens with two attached hydrogens (primary N) is 1. The highest BCUT2D eigenvalue weighted by atomic mass is 19.1. The van der Waals surface area contributed by atoms with E-state index in [-0.39, 0.29) is 17.8 Å². The number of hydrogen-bond acceptors (Lipinski definition) is 2. The molecule has 0 spiro atoms.